The Morgan fingerprint density at radius 1 is 0.574 bits per heavy atom. The number of aliphatic hydroxyl groups excluding tert-OH is 2. The van der Waals surface area contributed by atoms with Gasteiger partial charge in [-0.25, -0.2) is 9.59 Å². The molecule has 4 amide bonds. The molecule has 2 aromatic rings. The second kappa shape index (κ2) is 22.2. The maximum atomic E-state index is 13.8. The maximum Gasteiger partial charge on any atom is 0.408 e. The van der Waals surface area contributed by atoms with Crippen LogP contribution in [-0.4, -0.2) is 91.6 Å². The van der Waals surface area contributed by atoms with Gasteiger partial charge in [0.2, 0.25) is 11.8 Å². The van der Waals surface area contributed by atoms with E-state index in [4.69, 9.17) is 9.47 Å². The van der Waals surface area contributed by atoms with Crippen molar-refractivity contribution in [3.63, 3.8) is 0 Å². The fraction of sp³-hybridized carbons (Fsp3) is 0.600. The summed E-state index contributed by atoms with van der Waals surface area (Å²) in [6.45, 7) is 19.1. The molecule has 0 aliphatic carbocycles. The van der Waals surface area contributed by atoms with Crippen molar-refractivity contribution >= 4 is 47.5 Å². The predicted octanol–water partition coefficient (Wildman–Crippen LogP) is 5.64. The molecule has 0 saturated heterocycles. The van der Waals surface area contributed by atoms with E-state index in [2.05, 4.69) is 21.3 Å². The van der Waals surface area contributed by atoms with Crippen molar-refractivity contribution in [1.82, 2.24) is 21.3 Å². The van der Waals surface area contributed by atoms with Gasteiger partial charge in [-0.3, -0.25) is 9.59 Å². The Morgan fingerprint density at radius 3 is 1.17 bits per heavy atom. The van der Waals surface area contributed by atoms with Crippen LogP contribution in [0.3, 0.4) is 0 Å². The highest BCUT2D eigenvalue weighted by Crippen LogP contribution is 2.28. The lowest BCUT2D eigenvalue weighted by atomic mass is 9.98. The zero-order chi connectivity index (χ0) is 40.6. The minimum Gasteiger partial charge on any atom is -0.445 e. The summed E-state index contributed by atoms with van der Waals surface area (Å²) in [6, 6.07) is 14.3. The number of hydrogen-bond donors (Lipinski definition) is 6. The van der Waals surface area contributed by atoms with E-state index in [-0.39, 0.29) is 46.0 Å². The summed E-state index contributed by atoms with van der Waals surface area (Å²) in [5.74, 6) is -1.38. The van der Waals surface area contributed by atoms with Gasteiger partial charge in [-0.15, -0.1) is 0 Å². The van der Waals surface area contributed by atoms with Gasteiger partial charge in [0.1, 0.15) is 37.5 Å². The van der Waals surface area contributed by atoms with Crippen LogP contribution in [0.25, 0.3) is 0 Å². The first-order chi connectivity index (χ1) is 25.2. The highest BCUT2D eigenvalue weighted by Gasteiger charge is 2.38. The van der Waals surface area contributed by atoms with Gasteiger partial charge in [0.25, 0.3) is 0 Å². The average Bonchev–Trinajstić information content (AvgIpc) is 3.10. The van der Waals surface area contributed by atoms with Crippen molar-refractivity contribution in [3.05, 3.63) is 71.8 Å². The summed E-state index contributed by atoms with van der Waals surface area (Å²) in [5.41, 5.74) is 1.58. The van der Waals surface area contributed by atoms with Crippen LogP contribution in [0.2, 0.25) is 0 Å². The van der Waals surface area contributed by atoms with E-state index in [0.717, 1.165) is 11.1 Å². The third kappa shape index (κ3) is 17.8. The van der Waals surface area contributed by atoms with Crippen LogP contribution in [0.5, 0.6) is 0 Å². The van der Waals surface area contributed by atoms with E-state index in [1.54, 1.807) is 27.7 Å². The Morgan fingerprint density at radius 2 is 0.889 bits per heavy atom. The largest absolute Gasteiger partial charge is 0.445 e. The van der Waals surface area contributed by atoms with E-state index in [9.17, 15) is 29.4 Å². The first-order valence-electron chi connectivity index (χ1n) is 18.4. The summed E-state index contributed by atoms with van der Waals surface area (Å²) in [5, 5.41) is 34.6. The zero-order valence-electron chi connectivity index (χ0n) is 33.4. The van der Waals surface area contributed by atoms with Crippen molar-refractivity contribution in [3.8, 4) is 0 Å². The molecule has 0 unspecified atom stereocenters. The average molecular weight is 791 g/mol. The number of amides is 4. The van der Waals surface area contributed by atoms with Gasteiger partial charge < -0.3 is 41.0 Å². The maximum absolute atomic E-state index is 13.8. The standard InChI is InChI=1S/C40H62N4O8S2/c1-25(2)31(43-37(49)51-21-27-17-13-11-14-18-27)35(47)41-29(23-53-39(5,6)7)33(45)34(46)30(24-54-40(8,9)10)42-36(48)32(26(3)4)44-38(50)52-22-28-19-15-12-16-20-28/h11-20,25-26,29-34,45-46H,21-24H2,1-10H3,(H,41,47)(H,42,48)(H,43,49)(H,44,50)/t29-,30-,31-,32-,33+,34+/m0/s1. The van der Waals surface area contributed by atoms with Crippen molar-refractivity contribution in [2.75, 3.05) is 11.5 Å². The van der Waals surface area contributed by atoms with Gasteiger partial charge in [0.05, 0.1) is 12.1 Å². The normalized spacial score (nSPS) is 15.3. The molecule has 0 heterocycles. The number of rotatable bonds is 19. The van der Waals surface area contributed by atoms with Crippen LogP contribution in [0, 0.1) is 11.8 Å². The molecule has 6 atom stereocenters. The fourth-order valence-corrected chi connectivity index (χ4v) is 6.93. The Bertz CT molecular complexity index is 1340. The van der Waals surface area contributed by atoms with Gasteiger partial charge in [-0.1, -0.05) is 130 Å². The quantitative estimate of drug-likeness (QED) is 0.105. The number of aliphatic hydroxyl groups is 2. The monoisotopic (exact) mass is 790 g/mol. The van der Waals surface area contributed by atoms with Crippen LogP contribution in [-0.2, 0) is 32.3 Å². The lowest BCUT2D eigenvalue weighted by Crippen LogP contribution is -2.62. The Balaban J connectivity index is 2.26. The van der Waals surface area contributed by atoms with E-state index >= 15 is 0 Å². The number of carbonyl (C=O) groups excluding carboxylic acids is 4. The Hall–Kier alpha value is -3.46. The number of ether oxygens (including phenoxy) is 2. The lowest BCUT2D eigenvalue weighted by molar-refractivity contribution is -0.128. The van der Waals surface area contributed by atoms with Gasteiger partial charge in [-0.05, 0) is 23.0 Å². The molecular weight excluding hydrogens is 729 g/mol. The fourth-order valence-electron chi connectivity index (χ4n) is 5.01. The molecular formula is C40H62N4O8S2. The number of nitrogens with one attached hydrogen (secondary N) is 4. The number of benzene rings is 2. The number of thioether (sulfide) groups is 2. The van der Waals surface area contributed by atoms with E-state index < -0.39 is 60.4 Å². The summed E-state index contributed by atoms with van der Waals surface area (Å²) in [7, 11) is 0. The van der Waals surface area contributed by atoms with E-state index in [1.165, 1.54) is 23.5 Å². The second-order valence-electron chi connectivity index (χ2n) is 15.9. The van der Waals surface area contributed by atoms with Crippen LogP contribution in [0.4, 0.5) is 9.59 Å². The highest BCUT2D eigenvalue weighted by atomic mass is 32.2. The van der Waals surface area contributed by atoms with Crippen molar-refractivity contribution < 1.29 is 38.9 Å². The molecule has 0 spiro atoms. The number of hydrogen-bond acceptors (Lipinski definition) is 10. The second-order valence-corrected chi connectivity index (χ2v) is 19.6. The molecule has 0 aliphatic heterocycles. The first kappa shape index (κ1) is 46.7. The summed E-state index contributed by atoms with van der Waals surface area (Å²) < 4.78 is 10.2. The highest BCUT2D eigenvalue weighted by molar-refractivity contribution is 8.00. The zero-order valence-corrected chi connectivity index (χ0v) is 35.0. The molecule has 12 nitrogen and oxygen atoms in total. The minimum atomic E-state index is -1.53. The van der Waals surface area contributed by atoms with Crippen LogP contribution >= 0.6 is 23.5 Å². The molecule has 0 aromatic heterocycles. The molecule has 2 rings (SSSR count). The molecule has 14 heteroatoms. The number of carbonyl (C=O) groups is 4. The van der Waals surface area contributed by atoms with E-state index in [1.807, 2.05) is 102 Å². The Kier molecular flexibility index (Phi) is 19.2. The van der Waals surface area contributed by atoms with Crippen molar-refractivity contribution in [2.24, 2.45) is 11.8 Å². The van der Waals surface area contributed by atoms with Crippen LogP contribution in [0.15, 0.2) is 60.7 Å². The summed E-state index contributed by atoms with van der Waals surface area (Å²) >= 11 is 2.96. The molecule has 0 fully saturated rings. The van der Waals surface area contributed by atoms with Crippen LogP contribution < -0.4 is 21.3 Å². The predicted molar refractivity (Wildman–Crippen MR) is 217 cm³/mol. The lowest BCUT2D eigenvalue weighted by Gasteiger charge is -2.36. The number of alkyl carbamates (subject to hydrolysis) is 2. The molecule has 302 valence electrons. The summed E-state index contributed by atoms with van der Waals surface area (Å²) in [4.78, 5) is 53.0. The smallest absolute Gasteiger partial charge is 0.408 e. The molecule has 54 heavy (non-hydrogen) atoms. The third-order valence-electron chi connectivity index (χ3n) is 8.09. The SMILES string of the molecule is CC(C)[C@H](NC(=O)OCc1ccccc1)C(=O)N[C@@H](CSC(C)(C)C)[C@@H](O)[C@H](O)[C@H](CSC(C)(C)C)NC(=O)[C@@H](NC(=O)OCc1ccccc1)C(C)C. The third-order valence-corrected chi connectivity index (χ3v) is 10.9. The molecule has 0 bridgehead atoms. The van der Waals surface area contributed by atoms with Gasteiger partial charge in [0.15, 0.2) is 0 Å². The van der Waals surface area contributed by atoms with Crippen molar-refractivity contribution in [2.45, 2.75) is 128 Å². The Labute approximate surface area is 330 Å². The molecule has 0 radical (unpaired) electrons. The topological polar surface area (TPSA) is 175 Å². The van der Waals surface area contributed by atoms with Gasteiger partial charge >= 0.3 is 12.2 Å². The molecule has 0 saturated carbocycles. The van der Waals surface area contributed by atoms with Crippen LogP contribution in [0.1, 0.15) is 80.4 Å². The molecule has 0 aliphatic rings. The van der Waals surface area contributed by atoms with E-state index in [0.29, 0.717) is 0 Å². The van der Waals surface area contributed by atoms with Gasteiger partial charge in [0, 0.05) is 21.0 Å². The van der Waals surface area contributed by atoms with Crippen molar-refractivity contribution in [1.29, 1.82) is 0 Å². The minimum absolute atomic E-state index is 0.0244. The first-order valence-corrected chi connectivity index (χ1v) is 20.3. The molecule has 2 aromatic carbocycles. The summed E-state index contributed by atoms with van der Waals surface area (Å²) in [6.07, 6.45) is -4.61. The molecule has 6 N–H and O–H groups in total. The van der Waals surface area contributed by atoms with Gasteiger partial charge in [-0.2, -0.15) is 23.5 Å².